The first-order valence-corrected chi connectivity index (χ1v) is 6.98. The molecule has 2 heterocycles. The lowest BCUT2D eigenvalue weighted by Gasteiger charge is -2.15. The van der Waals surface area contributed by atoms with Crippen molar-refractivity contribution in [2.75, 3.05) is 18.5 Å². The number of anilines is 1. The van der Waals surface area contributed by atoms with E-state index in [0.717, 1.165) is 30.8 Å². The minimum atomic E-state index is -0.957. The number of carbonyl (C=O) groups is 1. The maximum Gasteiger partial charge on any atom is 0.335 e. The third kappa shape index (κ3) is 2.80. The Morgan fingerprint density at radius 2 is 2.33 bits per heavy atom. The van der Waals surface area contributed by atoms with Crippen molar-refractivity contribution in [3.63, 3.8) is 0 Å². The van der Waals surface area contributed by atoms with Gasteiger partial charge in [-0.1, -0.05) is 0 Å². The smallest absolute Gasteiger partial charge is 0.335 e. The van der Waals surface area contributed by atoms with E-state index in [4.69, 9.17) is 9.84 Å². The maximum atomic E-state index is 11.0. The number of nitrogens with one attached hydrogen (secondary N) is 1. The number of aromatic carboxylic acids is 1. The molecule has 0 saturated carbocycles. The summed E-state index contributed by atoms with van der Waals surface area (Å²) in [6.45, 7) is 3.67. The van der Waals surface area contributed by atoms with Crippen LogP contribution in [-0.2, 0) is 4.74 Å². The van der Waals surface area contributed by atoms with E-state index in [-0.39, 0.29) is 11.7 Å². The molecule has 1 saturated heterocycles. The summed E-state index contributed by atoms with van der Waals surface area (Å²) in [5.74, 6) is 0.242. The number of hydrogen-bond donors (Lipinski definition) is 2. The molecule has 2 atom stereocenters. The highest BCUT2D eigenvalue weighted by Gasteiger charge is 2.24. The van der Waals surface area contributed by atoms with Crippen molar-refractivity contribution < 1.29 is 14.6 Å². The number of benzene rings is 1. The molecule has 2 aromatic rings. The highest BCUT2D eigenvalue weighted by atomic mass is 16.5. The van der Waals surface area contributed by atoms with Gasteiger partial charge in [0.15, 0.2) is 0 Å². The molecule has 0 spiro atoms. The predicted molar refractivity (Wildman–Crippen MR) is 78.5 cm³/mol. The average Bonchev–Trinajstić information content (AvgIpc) is 2.89. The molecule has 1 aliphatic heterocycles. The molecule has 1 aromatic heterocycles. The highest BCUT2D eigenvalue weighted by molar-refractivity contribution is 5.96. The number of fused-ring (bicyclic) bond motifs is 1. The number of rotatable bonds is 4. The summed E-state index contributed by atoms with van der Waals surface area (Å²) in [5, 5.41) is 13.2. The number of hydrogen-bond acceptors (Lipinski definition) is 5. The summed E-state index contributed by atoms with van der Waals surface area (Å²) in [5.41, 5.74) is 0.855. The molecule has 6 heteroatoms. The third-order valence-electron chi connectivity index (χ3n) is 3.95. The van der Waals surface area contributed by atoms with Gasteiger partial charge in [0.2, 0.25) is 0 Å². The standard InChI is InChI=1S/C15H17N3O3/c1-9-11(4-5-21-9)7-16-14-12-3-2-10(15(19)20)6-13(12)17-8-18-14/h2-3,6,8-9,11H,4-5,7H2,1H3,(H,19,20)(H,16,17,18). The molecular weight excluding hydrogens is 270 g/mol. The normalized spacial score (nSPS) is 21.6. The van der Waals surface area contributed by atoms with Gasteiger partial charge < -0.3 is 15.2 Å². The lowest BCUT2D eigenvalue weighted by Crippen LogP contribution is -2.21. The van der Waals surface area contributed by atoms with Crippen LogP contribution in [0.5, 0.6) is 0 Å². The molecule has 110 valence electrons. The van der Waals surface area contributed by atoms with Gasteiger partial charge >= 0.3 is 5.97 Å². The number of carboxylic acids is 1. The van der Waals surface area contributed by atoms with Crippen molar-refractivity contribution in [2.24, 2.45) is 5.92 Å². The van der Waals surface area contributed by atoms with Gasteiger partial charge in [-0.3, -0.25) is 0 Å². The Morgan fingerprint density at radius 3 is 3.05 bits per heavy atom. The largest absolute Gasteiger partial charge is 0.478 e. The molecule has 1 fully saturated rings. The van der Waals surface area contributed by atoms with Crippen LogP contribution in [0, 0.1) is 5.92 Å². The van der Waals surface area contributed by atoms with Crippen LogP contribution in [0.25, 0.3) is 10.9 Å². The van der Waals surface area contributed by atoms with E-state index < -0.39 is 5.97 Å². The van der Waals surface area contributed by atoms with E-state index in [1.807, 2.05) is 0 Å². The quantitative estimate of drug-likeness (QED) is 0.896. The van der Waals surface area contributed by atoms with Crippen LogP contribution in [0.3, 0.4) is 0 Å². The zero-order chi connectivity index (χ0) is 14.8. The zero-order valence-electron chi connectivity index (χ0n) is 11.7. The van der Waals surface area contributed by atoms with Crippen molar-refractivity contribution in [3.8, 4) is 0 Å². The Balaban J connectivity index is 1.83. The van der Waals surface area contributed by atoms with Gasteiger partial charge in [-0.05, 0) is 31.5 Å². The fourth-order valence-electron chi connectivity index (χ4n) is 2.60. The molecule has 21 heavy (non-hydrogen) atoms. The summed E-state index contributed by atoms with van der Waals surface area (Å²) in [4.78, 5) is 19.4. The summed E-state index contributed by atoms with van der Waals surface area (Å²) in [6, 6.07) is 4.88. The van der Waals surface area contributed by atoms with Gasteiger partial charge in [-0.15, -0.1) is 0 Å². The third-order valence-corrected chi connectivity index (χ3v) is 3.95. The molecule has 0 bridgehead atoms. The summed E-state index contributed by atoms with van der Waals surface area (Å²) in [7, 11) is 0. The van der Waals surface area contributed by atoms with Gasteiger partial charge in [-0.2, -0.15) is 0 Å². The predicted octanol–water partition coefficient (Wildman–Crippen LogP) is 2.16. The van der Waals surface area contributed by atoms with Crippen LogP contribution in [-0.4, -0.2) is 40.3 Å². The van der Waals surface area contributed by atoms with Crippen LogP contribution >= 0.6 is 0 Å². The first kappa shape index (κ1) is 13.8. The van der Waals surface area contributed by atoms with E-state index in [1.165, 1.54) is 6.33 Å². The van der Waals surface area contributed by atoms with Crippen molar-refractivity contribution >= 4 is 22.7 Å². The Kier molecular flexibility index (Phi) is 3.70. The molecule has 0 aliphatic carbocycles. The summed E-state index contributed by atoms with van der Waals surface area (Å²) >= 11 is 0. The van der Waals surface area contributed by atoms with Gasteiger partial charge in [0.05, 0.1) is 17.2 Å². The minimum absolute atomic E-state index is 0.227. The molecule has 1 aliphatic rings. The van der Waals surface area contributed by atoms with E-state index in [9.17, 15) is 4.79 Å². The van der Waals surface area contributed by atoms with E-state index in [1.54, 1.807) is 18.2 Å². The number of carboxylic acid groups (broad SMARTS) is 1. The van der Waals surface area contributed by atoms with Gasteiger partial charge in [0.1, 0.15) is 12.1 Å². The average molecular weight is 287 g/mol. The molecule has 3 rings (SSSR count). The Bertz CT molecular complexity index is 674. The Morgan fingerprint density at radius 1 is 1.48 bits per heavy atom. The van der Waals surface area contributed by atoms with Crippen LogP contribution in [0.2, 0.25) is 0 Å². The zero-order valence-corrected chi connectivity index (χ0v) is 11.7. The first-order valence-electron chi connectivity index (χ1n) is 6.98. The second-order valence-electron chi connectivity index (χ2n) is 5.26. The summed E-state index contributed by atoms with van der Waals surface area (Å²) in [6.07, 6.45) is 2.75. The van der Waals surface area contributed by atoms with Crippen molar-refractivity contribution in [3.05, 3.63) is 30.1 Å². The minimum Gasteiger partial charge on any atom is -0.478 e. The van der Waals surface area contributed by atoms with Gasteiger partial charge in [-0.25, -0.2) is 14.8 Å². The van der Waals surface area contributed by atoms with E-state index in [0.29, 0.717) is 11.4 Å². The molecule has 1 aromatic carbocycles. The van der Waals surface area contributed by atoms with Crippen molar-refractivity contribution in [1.29, 1.82) is 0 Å². The number of aromatic nitrogens is 2. The second-order valence-corrected chi connectivity index (χ2v) is 5.26. The fourth-order valence-corrected chi connectivity index (χ4v) is 2.60. The molecule has 2 N–H and O–H groups in total. The molecular formula is C15H17N3O3. The lowest BCUT2D eigenvalue weighted by molar-refractivity contribution is 0.0697. The summed E-state index contributed by atoms with van der Waals surface area (Å²) < 4.78 is 5.55. The van der Waals surface area contributed by atoms with Crippen LogP contribution < -0.4 is 5.32 Å². The Hall–Kier alpha value is -2.21. The fraction of sp³-hybridized carbons (Fsp3) is 0.400. The second kappa shape index (κ2) is 5.65. The van der Waals surface area contributed by atoms with Gasteiger partial charge in [0.25, 0.3) is 0 Å². The lowest BCUT2D eigenvalue weighted by atomic mass is 10.0. The Labute approximate surface area is 122 Å². The molecule has 2 unspecified atom stereocenters. The number of nitrogens with zero attached hydrogens (tertiary/aromatic N) is 2. The maximum absolute atomic E-state index is 11.0. The number of ether oxygens (including phenoxy) is 1. The van der Waals surface area contributed by atoms with Crippen LogP contribution in [0.15, 0.2) is 24.5 Å². The molecule has 0 radical (unpaired) electrons. The van der Waals surface area contributed by atoms with Crippen molar-refractivity contribution in [2.45, 2.75) is 19.4 Å². The highest BCUT2D eigenvalue weighted by Crippen LogP contribution is 2.24. The molecule has 0 amide bonds. The van der Waals surface area contributed by atoms with E-state index >= 15 is 0 Å². The van der Waals surface area contributed by atoms with E-state index in [2.05, 4.69) is 22.2 Å². The van der Waals surface area contributed by atoms with Crippen molar-refractivity contribution in [1.82, 2.24) is 9.97 Å². The van der Waals surface area contributed by atoms with Gasteiger partial charge in [0, 0.05) is 24.5 Å². The molecule has 6 nitrogen and oxygen atoms in total. The SMILES string of the molecule is CC1OCCC1CNc1ncnc2cc(C(=O)O)ccc12. The monoisotopic (exact) mass is 287 g/mol. The van der Waals surface area contributed by atoms with Crippen LogP contribution in [0.1, 0.15) is 23.7 Å². The topological polar surface area (TPSA) is 84.3 Å². The first-order chi connectivity index (χ1) is 10.1. The van der Waals surface area contributed by atoms with Crippen LogP contribution in [0.4, 0.5) is 5.82 Å².